The average molecular weight is 660 g/mol. The predicted molar refractivity (Wildman–Crippen MR) is 190 cm³/mol. The summed E-state index contributed by atoms with van der Waals surface area (Å²) in [4.78, 5) is 16.7. The third-order valence-corrected chi connectivity index (χ3v) is 9.98. The number of esters is 1. The van der Waals surface area contributed by atoms with Crippen molar-refractivity contribution < 1.29 is 14.3 Å². The van der Waals surface area contributed by atoms with E-state index in [2.05, 4.69) is 46.0 Å². The van der Waals surface area contributed by atoms with Crippen LogP contribution in [-0.4, -0.2) is 70.1 Å². The van der Waals surface area contributed by atoms with Gasteiger partial charge in [-0.3, -0.25) is 9.58 Å². The summed E-state index contributed by atoms with van der Waals surface area (Å²) in [5, 5.41) is 9.88. The second-order valence-electron chi connectivity index (χ2n) is 14.1. The molecule has 1 N–H and O–H groups in total. The topological polar surface area (TPSA) is 73.6 Å². The summed E-state index contributed by atoms with van der Waals surface area (Å²) < 4.78 is 16.7. The fourth-order valence-corrected chi connectivity index (χ4v) is 7.64. The molecule has 6 rings (SSSR count). The van der Waals surface area contributed by atoms with Crippen molar-refractivity contribution in [2.45, 2.75) is 85.3 Å². The normalized spacial score (nSPS) is 15.6. The van der Waals surface area contributed by atoms with Crippen molar-refractivity contribution >= 4 is 28.5 Å². The first-order valence-electron chi connectivity index (χ1n) is 17.3. The molecule has 0 unspecified atom stereocenters. The molecule has 1 aliphatic carbocycles. The molecule has 0 spiro atoms. The van der Waals surface area contributed by atoms with Gasteiger partial charge in [0, 0.05) is 68.5 Å². The lowest BCUT2D eigenvalue weighted by molar-refractivity contribution is 0.00561. The Kier molecular flexibility index (Phi) is 10.0. The summed E-state index contributed by atoms with van der Waals surface area (Å²) in [6, 6.07) is 10.5. The maximum Gasteiger partial charge on any atom is 0.355 e. The van der Waals surface area contributed by atoms with E-state index >= 15 is 0 Å². The molecule has 8 nitrogen and oxygen atoms in total. The summed E-state index contributed by atoms with van der Waals surface area (Å²) in [5.41, 5.74) is 8.61. The van der Waals surface area contributed by atoms with E-state index in [1.165, 1.54) is 24.0 Å². The van der Waals surface area contributed by atoms with Gasteiger partial charge >= 0.3 is 5.97 Å². The number of nitrogens with zero attached hydrogens (tertiary/aromatic N) is 4. The fourth-order valence-electron chi connectivity index (χ4n) is 7.39. The number of hydrogen-bond donors (Lipinski definition) is 1. The average Bonchev–Trinajstić information content (AvgIpc) is 3.49. The zero-order valence-corrected chi connectivity index (χ0v) is 29.7. The van der Waals surface area contributed by atoms with Gasteiger partial charge in [-0.25, -0.2) is 4.79 Å². The van der Waals surface area contributed by atoms with E-state index in [1.54, 1.807) is 0 Å². The molecule has 0 radical (unpaired) electrons. The van der Waals surface area contributed by atoms with E-state index in [4.69, 9.17) is 26.2 Å². The number of aromatic nitrogens is 3. The van der Waals surface area contributed by atoms with Crippen LogP contribution in [0.5, 0.6) is 5.75 Å². The summed E-state index contributed by atoms with van der Waals surface area (Å²) in [5.74, 6) is 0.702. The molecule has 2 aromatic heterocycles. The van der Waals surface area contributed by atoms with E-state index in [1.807, 2.05) is 45.5 Å². The third kappa shape index (κ3) is 7.10. The molecule has 1 saturated heterocycles. The number of halogens is 1. The molecule has 9 heteroatoms. The highest BCUT2D eigenvalue weighted by molar-refractivity contribution is 6.35. The van der Waals surface area contributed by atoms with Crippen molar-refractivity contribution in [2.75, 3.05) is 39.3 Å². The van der Waals surface area contributed by atoms with Crippen LogP contribution in [0, 0.1) is 13.8 Å². The molecule has 47 heavy (non-hydrogen) atoms. The van der Waals surface area contributed by atoms with Gasteiger partial charge in [-0.15, -0.1) is 0 Å². The van der Waals surface area contributed by atoms with Gasteiger partial charge in [0.2, 0.25) is 0 Å². The van der Waals surface area contributed by atoms with E-state index < -0.39 is 5.60 Å². The van der Waals surface area contributed by atoms with Crippen LogP contribution in [0.4, 0.5) is 0 Å². The minimum absolute atomic E-state index is 0.302. The largest absolute Gasteiger partial charge is 0.493 e. The maximum atomic E-state index is 14.3. The number of hydrogen-bond acceptors (Lipinski definition) is 6. The molecule has 1 aliphatic heterocycles. The molecule has 252 valence electrons. The van der Waals surface area contributed by atoms with Crippen LogP contribution in [0.25, 0.3) is 22.0 Å². The molecule has 0 amide bonds. The number of fused-ring (bicyclic) bond motifs is 2. The Morgan fingerprint density at radius 3 is 2.51 bits per heavy atom. The minimum Gasteiger partial charge on any atom is -0.493 e. The Morgan fingerprint density at radius 1 is 1.02 bits per heavy atom. The first-order valence-corrected chi connectivity index (χ1v) is 17.7. The van der Waals surface area contributed by atoms with Gasteiger partial charge in [0.15, 0.2) is 0 Å². The van der Waals surface area contributed by atoms with Crippen molar-refractivity contribution in [3.8, 4) is 16.9 Å². The van der Waals surface area contributed by atoms with Gasteiger partial charge in [-0.1, -0.05) is 29.8 Å². The minimum atomic E-state index is -0.638. The SMILES string of the molecule is Cc1nn(C)c(C)c1-c1c(Cl)ccc2c(CCCOc3cccc4c3CCCC4)c(C(=O)OC(C)(C)C)n(CCN3CCNCC3)c12. The van der Waals surface area contributed by atoms with Crippen LogP contribution in [0.2, 0.25) is 5.02 Å². The Morgan fingerprint density at radius 2 is 1.79 bits per heavy atom. The highest BCUT2D eigenvalue weighted by Crippen LogP contribution is 2.42. The Bertz CT molecular complexity index is 1760. The molecule has 2 aromatic carbocycles. The van der Waals surface area contributed by atoms with Crippen molar-refractivity contribution in [3.05, 3.63) is 69.1 Å². The molecular weight excluding hydrogens is 610 g/mol. The van der Waals surface area contributed by atoms with Crippen molar-refractivity contribution in [1.29, 1.82) is 0 Å². The van der Waals surface area contributed by atoms with Crippen molar-refractivity contribution in [1.82, 2.24) is 24.6 Å². The third-order valence-electron chi connectivity index (χ3n) is 9.66. The van der Waals surface area contributed by atoms with Crippen LogP contribution in [0.1, 0.15) is 78.6 Å². The van der Waals surface area contributed by atoms with Gasteiger partial charge in [0.1, 0.15) is 17.0 Å². The van der Waals surface area contributed by atoms with Crippen LogP contribution >= 0.6 is 11.6 Å². The number of carbonyl (C=O) groups excluding carboxylic acids is 1. The van der Waals surface area contributed by atoms with Crippen LogP contribution in [0.3, 0.4) is 0 Å². The lowest BCUT2D eigenvalue weighted by Crippen LogP contribution is -2.44. The highest BCUT2D eigenvalue weighted by Gasteiger charge is 2.31. The van der Waals surface area contributed by atoms with Crippen LogP contribution < -0.4 is 10.1 Å². The lowest BCUT2D eigenvalue weighted by Gasteiger charge is -2.28. The van der Waals surface area contributed by atoms with Gasteiger partial charge in [-0.05, 0) is 102 Å². The lowest BCUT2D eigenvalue weighted by atomic mass is 9.91. The predicted octanol–water partition coefficient (Wildman–Crippen LogP) is 7.06. The van der Waals surface area contributed by atoms with Gasteiger partial charge < -0.3 is 19.4 Å². The number of carbonyl (C=O) groups is 1. The molecular formula is C38H50ClN5O3. The zero-order chi connectivity index (χ0) is 33.3. The summed E-state index contributed by atoms with van der Waals surface area (Å²) >= 11 is 7.11. The first kappa shape index (κ1) is 33.6. The zero-order valence-electron chi connectivity index (χ0n) is 29.0. The van der Waals surface area contributed by atoms with E-state index in [0.29, 0.717) is 30.3 Å². The molecule has 0 atom stereocenters. The quantitative estimate of drug-likeness (QED) is 0.145. The summed E-state index contributed by atoms with van der Waals surface area (Å²) in [6.45, 7) is 15.8. The maximum absolute atomic E-state index is 14.3. The summed E-state index contributed by atoms with van der Waals surface area (Å²) in [7, 11) is 1.96. The van der Waals surface area contributed by atoms with E-state index in [0.717, 1.165) is 96.7 Å². The number of piperazine rings is 1. The highest BCUT2D eigenvalue weighted by atomic mass is 35.5. The number of rotatable bonds is 10. The number of aryl methyl sites for hydroxylation is 4. The smallest absolute Gasteiger partial charge is 0.355 e. The Balaban J connectivity index is 1.44. The molecule has 0 saturated carbocycles. The van der Waals surface area contributed by atoms with Crippen LogP contribution in [-0.2, 0) is 37.6 Å². The standard InChI is InChI=1S/C38H50ClN5O3/c1-25-33(26(2)42(6)41-25)34-31(39)17-16-30-29(14-10-24-46-32-15-9-12-27-11-7-8-13-28(27)32)36(37(45)47-38(3,4)5)44(35(30)34)23-22-43-20-18-40-19-21-43/h9,12,15-17,40H,7-8,10-11,13-14,18-24H2,1-6H3. The van der Waals surface area contributed by atoms with Gasteiger partial charge in [0.05, 0.1) is 22.8 Å². The van der Waals surface area contributed by atoms with E-state index in [9.17, 15) is 4.79 Å². The van der Waals surface area contributed by atoms with Gasteiger partial charge in [-0.2, -0.15) is 5.10 Å². The molecule has 4 aromatic rings. The van der Waals surface area contributed by atoms with Crippen LogP contribution in [0.15, 0.2) is 30.3 Å². The second kappa shape index (κ2) is 14.0. The van der Waals surface area contributed by atoms with Gasteiger partial charge in [0.25, 0.3) is 0 Å². The second-order valence-corrected chi connectivity index (χ2v) is 14.5. The Hall–Kier alpha value is -3.33. The summed E-state index contributed by atoms with van der Waals surface area (Å²) in [6.07, 6.45) is 6.09. The molecule has 1 fully saturated rings. The molecule has 2 aliphatic rings. The van der Waals surface area contributed by atoms with Crippen molar-refractivity contribution in [2.24, 2.45) is 7.05 Å². The fraction of sp³-hybridized carbons (Fsp3) is 0.526. The molecule has 3 heterocycles. The number of nitrogens with one attached hydrogen (secondary N) is 1. The molecule has 0 bridgehead atoms. The number of ether oxygens (including phenoxy) is 2. The number of benzene rings is 2. The monoisotopic (exact) mass is 659 g/mol. The van der Waals surface area contributed by atoms with E-state index in [-0.39, 0.29) is 5.97 Å². The Labute approximate surface area is 284 Å². The first-order chi connectivity index (χ1) is 22.5. The van der Waals surface area contributed by atoms with Crippen molar-refractivity contribution in [3.63, 3.8) is 0 Å².